The topological polar surface area (TPSA) is 24.5 Å². The SMILES string of the molecule is CCCOCCN1CC(C2CC2)NCC1CC. The maximum Gasteiger partial charge on any atom is 0.0593 e. The van der Waals surface area contributed by atoms with Crippen LogP contribution in [0, 0.1) is 5.92 Å². The molecule has 1 saturated carbocycles. The van der Waals surface area contributed by atoms with Crippen molar-refractivity contribution in [2.75, 3.05) is 32.8 Å². The van der Waals surface area contributed by atoms with Gasteiger partial charge in [0.15, 0.2) is 0 Å². The summed E-state index contributed by atoms with van der Waals surface area (Å²) < 4.78 is 5.63. The number of nitrogens with zero attached hydrogens (tertiary/aromatic N) is 1. The fourth-order valence-electron chi connectivity index (χ4n) is 2.80. The summed E-state index contributed by atoms with van der Waals surface area (Å²) in [6.45, 7) is 9.80. The van der Waals surface area contributed by atoms with E-state index in [-0.39, 0.29) is 0 Å². The molecule has 100 valence electrons. The van der Waals surface area contributed by atoms with Gasteiger partial charge in [-0.05, 0) is 31.6 Å². The summed E-state index contributed by atoms with van der Waals surface area (Å²) in [5, 5.41) is 3.73. The summed E-state index contributed by atoms with van der Waals surface area (Å²) in [7, 11) is 0. The zero-order chi connectivity index (χ0) is 12.1. The highest BCUT2D eigenvalue weighted by Crippen LogP contribution is 2.34. The number of hydrogen-bond donors (Lipinski definition) is 1. The average Bonchev–Trinajstić information content (AvgIpc) is 3.18. The predicted molar refractivity (Wildman–Crippen MR) is 71.3 cm³/mol. The van der Waals surface area contributed by atoms with Crippen LogP contribution in [-0.2, 0) is 4.74 Å². The summed E-state index contributed by atoms with van der Waals surface area (Å²) in [5.74, 6) is 0.965. The molecule has 1 saturated heterocycles. The molecular formula is C14H28N2O. The molecule has 2 rings (SSSR count). The first kappa shape index (κ1) is 13.3. The third kappa shape index (κ3) is 3.94. The smallest absolute Gasteiger partial charge is 0.0593 e. The molecule has 1 heterocycles. The first-order chi connectivity index (χ1) is 8.35. The Morgan fingerprint density at radius 1 is 1.24 bits per heavy atom. The van der Waals surface area contributed by atoms with E-state index in [4.69, 9.17) is 4.74 Å². The van der Waals surface area contributed by atoms with Crippen molar-refractivity contribution in [2.24, 2.45) is 5.92 Å². The number of rotatable bonds is 7. The highest BCUT2D eigenvalue weighted by molar-refractivity contribution is 4.94. The molecular weight excluding hydrogens is 212 g/mol. The van der Waals surface area contributed by atoms with E-state index in [0.29, 0.717) is 0 Å². The van der Waals surface area contributed by atoms with Gasteiger partial charge < -0.3 is 10.1 Å². The van der Waals surface area contributed by atoms with Crippen molar-refractivity contribution in [2.45, 2.75) is 51.6 Å². The molecule has 2 aliphatic rings. The van der Waals surface area contributed by atoms with Gasteiger partial charge in [0.2, 0.25) is 0 Å². The third-order valence-electron chi connectivity index (χ3n) is 4.10. The van der Waals surface area contributed by atoms with E-state index in [1.807, 2.05) is 0 Å². The monoisotopic (exact) mass is 240 g/mol. The first-order valence-electron chi connectivity index (χ1n) is 7.40. The van der Waals surface area contributed by atoms with Gasteiger partial charge in [-0.2, -0.15) is 0 Å². The fourth-order valence-corrected chi connectivity index (χ4v) is 2.80. The molecule has 0 aromatic rings. The molecule has 0 bridgehead atoms. The quantitative estimate of drug-likeness (QED) is 0.688. The molecule has 0 radical (unpaired) electrons. The maximum absolute atomic E-state index is 5.63. The van der Waals surface area contributed by atoms with Gasteiger partial charge in [-0.25, -0.2) is 0 Å². The number of hydrogen-bond acceptors (Lipinski definition) is 3. The number of piperazine rings is 1. The first-order valence-corrected chi connectivity index (χ1v) is 7.40. The van der Waals surface area contributed by atoms with Gasteiger partial charge in [0.25, 0.3) is 0 Å². The molecule has 1 aliphatic carbocycles. The lowest BCUT2D eigenvalue weighted by Gasteiger charge is -2.40. The second-order valence-electron chi connectivity index (χ2n) is 5.52. The van der Waals surface area contributed by atoms with Crippen LogP contribution in [0.15, 0.2) is 0 Å². The Labute approximate surface area is 106 Å². The fraction of sp³-hybridized carbons (Fsp3) is 1.00. The van der Waals surface area contributed by atoms with Crippen LogP contribution >= 0.6 is 0 Å². The largest absolute Gasteiger partial charge is 0.380 e. The lowest BCUT2D eigenvalue weighted by atomic mass is 10.0. The zero-order valence-corrected chi connectivity index (χ0v) is 11.5. The Morgan fingerprint density at radius 3 is 2.71 bits per heavy atom. The lowest BCUT2D eigenvalue weighted by molar-refractivity contribution is 0.0613. The van der Waals surface area contributed by atoms with Gasteiger partial charge in [-0.15, -0.1) is 0 Å². The molecule has 3 heteroatoms. The van der Waals surface area contributed by atoms with E-state index in [9.17, 15) is 0 Å². The van der Waals surface area contributed by atoms with Gasteiger partial charge in [0.05, 0.1) is 6.61 Å². The van der Waals surface area contributed by atoms with Gasteiger partial charge >= 0.3 is 0 Å². The van der Waals surface area contributed by atoms with Gasteiger partial charge in [0, 0.05) is 38.3 Å². The molecule has 2 fully saturated rings. The predicted octanol–water partition coefficient (Wildman–Crippen LogP) is 1.88. The molecule has 2 unspecified atom stereocenters. The molecule has 0 amide bonds. The van der Waals surface area contributed by atoms with E-state index in [1.54, 1.807) is 0 Å². The minimum Gasteiger partial charge on any atom is -0.380 e. The van der Waals surface area contributed by atoms with Gasteiger partial charge in [-0.1, -0.05) is 13.8 Å². The van der Waals surface area contributed by atoms with Crippen molar-refractivity contribution in [1.29, 1.82) is 0 Å². The van der Waals surface area contributed by atoms with E-state index < -0.39 is 0 Å². The van der Waals surface area contributed by atoms with Crippen LogP contribution in [0.3, 0.4) is 0 Å². The van der Waals surface area contributed by atoms with Crippen LogP contribution in [-0.4, -0.2) is 49.8 Å². The minimum absolute atomic E-state index is 0.718. The third-order valence-corrected chi connectivity index (χ3v) is 4.10. The van der Waals surface area contributed by atoms with Crippen LogP contribution < -0.4 is 5.32 Å². The Morgan fingerprint density at radius 2 is 2.06 bits per heavy atom. The molecule has 17 heavy (non-hydrogen) atoms. The molecule has 1 aliphatic heterocycles. The molecule has 2 atom stereocenters. The molecule has 3 nitrogen and oxygen atoms in total. The number of ether oxygens (including phenoxy) is 1. The van der Waals surface area contributed by atoms with Crippen molar-refractivity contribution in [1.82, 2.24) is 10.2 Å². The minimum atomic E-state index is 0.718. The van der Waals surface area contributed by atoms with Crippen LogP contribution in [0.2, 0.25) is 0 Å². The zero-order valence-electron chi connectivity index (χ0n) is 11.5. The summed E-state index contributed by atoms with van der Waals surface area (Å²) in [5.41, 5.74) is 0. The van der Waals surface area contributed by atoms with Crippen LogP contribution in [0.1, 0.15) is 39.5 Å². The average molecular weight is 240 g/mol. The Bertz CT molecular complexity index is 218. The van der Waals surface area contributed by atoms with E-state index in [0.717, 1.165) is 44.2 Å². The van der Waals surface area contributed by atoms with Gasteiger partial charge in [0.1, 0.15) is 0 Å². The van der Waals surface area contributed by atoms with Crippen LogP contribution in [0.5, 0.6) is 0 Å². The Kier molecular flexibility index (Phi) is 5.26. The highest BCUT2D eigenvalue weighted by atomic mass is 16.5. The van der Waals surface area contributed by atoms with Crippen molar-refractivity contribution in [3.05, 3.63) is 0 Å². The Hall–Kier alpha value is -0.120. The van der Waals surface area contributed by atoms with E-state index >= 15 is 0 Å². The van der Waals surface area contributed by atoms with Crippen molar-refractivity contribution >= 4 is 0 Å². The van der Waals surface area contributed by atoms with Crippen LogP contribution in [0.4, 0.5) is 0 Å². The second kappa shape index (κ2) is 6.72. The standard InChI is InChI=1S/C14H28N2O/c1-3-8-17-9-7-16-11-14(12-5-6-12)15-10-13(16)4-2/h12-15H,3-11H2,1-2H3. The second-order valence-corrected chi connectivity index (χ2v) is 5.52. The summed E-state index contributed by atoms with van der Waals surface area (Å²) >= 11 is 0. The summed E-state index contributed by atoms with van der Waals surface area (Å²) in [6.07, 6.45) is 5.25. The van der Waals surface area contributed by atoms with E-state index in [2.05, 4.69) is 24.1 Å². The van der Waals surface area contributed by atoms with Crippen molar-refractivity contribution in [3.8, 4) is 0 Å². The summed E-state index contributed by atoms with van der Waals surface area (Å²) in [6, 6.07) is 1.47. The summed E-state index contributed by atoms with van der Waals surface area (Å²) in [4.78, 5) is 2.65. The van der Waals surface area contributed by atoms with Crippen LogP contribution in [0.25, 0.3) is 0 Å². The molecule has 1 N–H and O–H groups in total. The van der Waals surface area contributed by atoms with Gasteiger partial charge in [-0.3, -0.25) is 4.90 Å². The molecule has 0 aromatic carbocycles. The van der Waals surface area contributed by atoms with Crippen molar-refractivity contribution in [3.63, 3.8) is 0 Å². The van der Waals surface area contributed by atoms with E-state index in [1.165, 1.54) is 32.4 Å². The van der Waals surface area contributed by atoms with Crippen molar-refractivity contribution < 1.29 is 4.74 Å². The molecule has 0 spiro atoms. The maximum atomic E-state index is 5.63. The normalized spacial score (nSPS) is 30.7. The lowest BCUT2D eigenvalue weighted by Crippen LogP contribution is -2.57. The molecule has 0 aromatic heterocycles. The highest BCUT2D eigenvalue weighted by Gasteiger charge is 2.36. The number of nitrogens with one attached hydrogen (secondary N) is 1. The Balaban J connectivity index is 1.73.